The maximum absolute atomic E-state index is 4.82. The molecular weight excluding hydrogens is 574 g/mol. The van der Waals surface area contributed by atoms with Gasteiger partial charge in [-0.1, -0.05) is 156 Å². The summed E-state index contributed by atoms with van der Waals surface area (Å²) in [6.45, 7) is 17.3. The van der Waals surface area contributed by atoms with Gasteiger partial charge in [0.2, 0.25) is 0 Å². The van der Waals surface area contributed by atoms with E-state index in [0.29, 0.717) is 12.1 Å². The number of nitrogens with one attached hydrogen (secondary N) is 2. The van der Waals surface area contributed by atoms with Crippen LogP contribution in [0.5, 0.6) is 0 Å². The van der Waals surface area contributed by atoms with E-state index in [2.05, 4.69) is 65.4 Å². The molecule has 0 spiro atoms. The lowest BCUT2D eigenvalue weighted by Crippen LogP contribution is -2.67. The van der Waals surface area contributed by atoms with Crippen LogP contribution in [0, 0.1) is 5.41 Å². The Hall–Kier alpha value is -1.04. The summed E-state index contributed by atoms with van der Waals surface area (Å²) < 4.78 is 0.869. The first-order valence-electron chi connectivity index (χ1n) is 20.6. The molecule has 0 radical (unpaired) electrons. The van der Waals surface area contributed by atoms with Crippen LogP contribution in [0.2, 0.25) is 0 Å². The van der Waals surface area contributed by atoms with Crippen LogP contribution in [0.3, 0.4) is 0 Å². The molecule has 1 aliphatic heterocycles. The summed E-state index contributed by atoms with van der Waals surface area (Å²) >= 11 is 0. The van der Waals surface area contributed by atoms with E-state index < -0.39 is 0 Å². The van der Waals surface area contributed by atoms with Gasteiger partial charge in [0.1, 0.15) is 12.6 Å². The Morgan fingerprint density at radius 2 is 1.23 bits per heavy atom. The average Bonchev–Trinajstić information content (AvgIpc) is 3.03. The number of unbranched alkanes of at least 4 members (excludes halogenated alkanes) is 18. The van der Waals surface area contributed by atoms with E-state index in [1.54, 1.807) is 0 Å². The van der Waals surface area contributed by atoms with Crippen molar-refractivity contribution < 1.29 is 4.59 Å². The number of hydrogen-bond donors (Lipinski definition) is 2. The summed E-state index contributed by atoms with van der Waals surface area (Å²) in [6, 6.07) is 1.06. The van der Waals surface area contributed by atoms with Crippen LogP contribution in [0.1, 0.15) is 189 Å². The molecule has 1 rings (SSSR count). The van der Waals surface area contributed by atoms with E-state index in [-0.39, 0.29) is 5.41 Å². The molecular formula is C42H84N5+. The maximum Gasteiger partial charge on any atom is 0.124 e. The molecule has 0 saturated heterocycles. The molecule has 0 fully saturated rings. The van der Waals surface area contributed by atoms with Gasteiger partial charge in [0.05, 0.1) is 25.0 Å². The zero-order valence-corrected chi connectivity index (χ0v) is 33.5. The minimum absolute atomic E-state index is 0.197. The lowest BCUT2D eigenvalue weighted by atomic mass is 9.81. The van der Waals surface area contributed by atoms with Gasteiger partial charge in [-0.15, -0.1) is 0 Å². The van der Waals surface area contributed by atoms with E-state index in [9.17, 15) is 0 Å². The maximum atomic E-state index is 4.82. The lowest BCUT2D eigenvalue weighted by molar-refractivity contribution is -0.977. The van der Waals surface area contributed by atoms with Crippen LogP contribution >= 0.6 is 0 Å². The number of nitrogens with zero attached hydrogens (tertiary/aromatic N) is 3. The van der Waals surface area contributed by atoms with E-state index in [1.165, 1.54) is 153 Å². The zero-order valence-electron chi connectivity index (χ0n) is 33.5. The Morgan fingerprint density at radius 1 is 0.745 bits per heavy atom. The molecule has 0 bridgehead atoms. The third-order valence-corrected chi connectivity index (χ3v) is 10.7. The lowest BCUT2D eigenvalue weighted by Gasteiger charge is -2.48. The summed E-state index contributed by atoms with van der Waals surface area (Å²) in [6.07, 6.45) is 33.7. The van der Waals surface area contributed by atoms with Crippen LogP contribution in [0.4, 0.5) is 0 Å². The number of aliphatic imine (C=N–C) groups is 2. The fourth-order valence-electron chi connectivity index (χ4n) is 7.86. The smallest absolute Gasteiger partial charge is 0.124 e. The average molecular weight is 659 g/mol. The van der Waals surface area contributed by atoms with Gasteiger partial charge in [-0.2, -0.15) is 5.43 Å². The number of likely N-dealkylation sites (N-methyl/N-ethyl adjacent to an activating group) is 1. The molecule has 3 atom stereocenters. The SMILES string of the molecule is CCCCCCCCCCCCCCCCCNC(C)CCC(C(C)(C)C)[N+]1(C)CC(C(=NC)C(CCCCCCC)=NC)=CCN1. The van der Waals surface area contributed by atoms with Crippen LogP contribution in [0.25, 0.3) is 0 Å². The fraction of sp³-hybridized carbons (Fsp3) is 0.905. The fourth-order valence-corrected chi connectivity index (χ4v) is 7.86. The molecule has 0 aromatic carbocycles. The number of quaternary nitrogens is 1. The Bertz CT molecular complexity index is 854. The summed E-state index contributed by atoms with van der Waals surface area (Å²) in [5.41, 5.74) is 7.80. The van der Waals surface area contributed by atoms with Gasteiger partial charge in [-0.3, -0.25) is 9.98 Å². The van der Waals surface area contributed by atoms with Gasteiger partial charge >= 0.3 is 0 Å². The normalized spacial score (nSPS) is 19.2. The molecule has 1 heterocycles. The topological polar surface area (TPSA) is 48.8 Å². The second kappa shape index (κ2) is 26.8. The molecule has 0 amide bonds. The van der Waals surface area contributed by atoms with Gasteiger partial charge in [0, 0.05) is 37.5 Å². The minimum Gasteiger partial charge on any atom is -0.314 e. The van der Waals surface area contributed by atoms with Crippen molar-refractivity contribution in [2.45, 2.75) is 201 Å². The molecule has 1 aliphatic rings. The largest absolute Gasteiger partial charge is 0.314 e. The predicted molar refractivity (Wildman–Crippen MR) is 212 cm³/mol. The number of rotatable bonds is 29. The number of hydrogen-bond acceptors (Lipinski definition) is 4. The van der Waals surface area contributed by atoms with Crippen LogP contribution < -0.4 is 10.7 Å². The Labute approximate surface area is 295 Å². The van der Waals surface area contributed by atoms with E-state index in [4.69, 9.17) is 9.98 Å². The van der Waals surface area contributed by atoms with Crippen molar-refractivity contribution in [1.29, 1.82) is 0 Å². The van der Waals surface area contributed by atoms with Crippen molar-refractivity contribution in [2.75, 3.05) is 40.8 Å². The zero-order chi connectivity index (χ0) is 34.8. The highest BCUT2D eigenvalue weighted by Gasteiger charge is 2.43. The van der Waals surface area contributed by atoms with Crippen LogP contribution in [-0.4, -0.2) is 68.9 Å². The van der Waals surface area contributed by atoms with Crippen molar-refractivity contribution in [3.8, 4) is 0 Å². The molecule has 5 nitrogen and oxygen atoms in total. The van der Waals surface area contributed by atoms with Gasteiger partial charge < -0.3 is 5.32 Å². The van der Waals surface area contributed by atoms with Crippen LogP contribution in [0.15, 0.2) is 21.6 Å². The third-order valence-electron chi connectivity index (χ3n) is 10.7. The Morgan fingerprint density at radius 3 is 1.70 bits per heavy atom. The Balaban J connectivity index is 2.40. The second-order valence-electron chi connectivity index (χ2n) is 16.2. The summed E-state index contributed by atoms with van der Waals surface area (Å²) in [5.74, 6) is 0. The quantitative estimate of drug-likeness (QED) is 0.0477. The van der Waals surface area contributed by atoms with Crippen molar-refractivity contribution >= 4 is 11.4 Å². The van der Waals surface area contributed by atoms with Gasteiger partial charge in [-0.05, 0) is 39.2 Å². The highest BCUT2D eigenvalue weighted by Crippen LogP contribution is 2.33. The highest BCUT2D eigenvalue weighted by molar-refractivity contribution is 6.48. The molecule has 3 unspecified atom stereocenters. The van der Waals surface area contributed by atoms with E-state index in [1.807, 2.05) is 14.1 Å². The second-order valence-corrected chi connectivity index (χ2v) is 16.2. The van der Waals surface area contributed by atoms with E-state index in [0.717, 1.165) is 36.4 Å². The van der Waals surface area contributed by atoms with Gasteiger partial charge in [-0.25, -0.2) is 4.59 Å². The molecule has 0 aromatic rings. The van der Waals surface area contributed by atoms with Crippen molar-refractivity contribution in [2.24, 2.45) is 15.4 Å². The molecule has 0 aliphatic carbocycles. The van der Waals surface area contributed by atoms with Crippen LogP contribution in [-0.2, 0) is 0 Å². The van der Waals surface area contributed by atoms with Gasteiger partial charge in [0.15, 0.2) is 0 Å². The standard InChI is InChI=1S/C42H84N5/c1-10-12-14-16-17-18-19-20-21-22-23-24-25-27-29-34-45-37(3)31-32-40(42(4,5)6)47(9)36-38(33-35-46-47)41(44-8)39(43-7)30-28-26-15-13-11-2/h33,37,40,45-46H,10-32,34-36H2,1-9H3/q+1. The highest BCUT2D eigenvalue weighted by atomic mass is 15.7. The minimum atomic E-state index is 0.197. The predicted octanol–water partition coefficient (Wildman–Crippen LogP) is 11.4. The molecule has 47 heavy (non-hydrogen) atoms. The van der Waals surface area contributed by atoms with Crippen molar-refractivity contribution in [3.05, 3.63) is 11.6 Å². The first-order chi connectivity index (χ1) is 22.6. The first kappa shape index (κ1) is 44.0. The summed E-state index contributed by atoms with van der Waals surface area (Å²) in [5, 5.41) is 3.87. The van der Waals surface area contributed by atoms with E-state index >= 15 is 0 Å². The molecule has 5 heteroatoms. The summed E-state index contributed by atoms with van der Waals surface area (Å²) in [4.78, 5) is 9.57. The van der Waals surface area contributed by atoms with Gasteiger partial charge in [0.25, 0.3) is 0 Å². The Kier molecular flexibility index (Phi) is 25.1. The molecule has 276 valence electrons. The first-order valence-corrected chi connectivity index (χ1v) is 20.6. The third kappa shape index (κ3) is 19.7. The molecule has 0 saturated carbocycles. The summed E-state index contributed by atoms with van der Waals surface area (Å²) in [7, 11) is 6.32. The molecule has 0 aromatic heterocycles. The molecule has 2 N–H and O–H groups in total. The monoisotopic (exact) mass is 659 g/mol. The van der Waals surface area contributed by atoms with Crippen molar-refractivity contribution in [3.63, 3.8) is 0 Å². The van der Waals surface area contributed by atoms with Crippen molar-refractivity contribution in [1.82, 2.24) is 10.7 Å².